The number of rotatable bonds is 3. The van der Waals surface area contributed by atoms with Crippen molar-refractivity contribution in [2.75, 3.05) is 13.1 Å². The summed E-state index contributed by atoms with van der Waals surface area (Å²) in [4.78, 5) is 25.1. The Morgan fingerprint density at radius 3 is 2.29 bits per heavy atom. The van der Waals surface area contributed by atoms with Crippen molar-refractivity contribution in [1.29, 1.82) is 0 Å². The van der Waals surface area contributed by atoms with Crippen LogP contribution in [-0.4, -0.2) is 38.6 Å². The van der Waals surface area contributed by atoms with Crippen molar-refractivity contribution in [2.45, 2.75) is 52.5 Å². The van der Waals surface area contributed by atoms with Crippen LogP contribution in [0.5, 0.6) is 0 Å². The quantitative estimate of drug-likeness (QED) is 0.633. The van der Waals surface area contributed by atoms with Gasteiger partial charge in [0.05, 0.1) is 4.92 Å². The SMILES string of the molecule is Cc1nn([C@H](C)C(=O)N2CCCCCC2)c(C)c1[N+](=O)[O-]. The van der Waals surface area contributed by atoms with E-state index in [9.17, 15) is 14.9 Å². The van der Waals surface area contributed by atoms with Crippen LogP contribution in [0.4, 0.5) is 5.69 Å². The van der Waals surface area contributed by atoms with Crippen LogP contribution in [0.3, 0.4) is 0 Å². The second kappa shape index (κ2) is 6.24. The molecule has 2 rings (SSSR count). The van der Waals surface area contributed by atoms with Crippen LogP contribution >= 0.6 is 0 Å². The lowest BCUT2D eigenvalue weighted by Gasteiger charge is -2.24. The van der Waals surface area contributed by atoms with Crippen LogP contribution < -0.4 is 0 Å². The van der Waals surface area contributed by atoms with Gasteiger partial charge in [-0.3, -0.25) is 19.6 Å². The van der Waals surface area contributed by atoms with Gasteiger partial charge in [0.1, 0.15) is 17.4 Å². The summed E-state index contributed by atoms with van der Waals surface area (Å²) in [6.07, 6.45) is 4.36. The van der Waals surface area contributed by atoms with Gasteiger partial charge in [-0.15, -0.1) is 0 Å². The summed E-state index contributed by atoms with van der Waals surface area (Å²) >= 11 is 0. The Morgan fingerprint density at radius 1 is 1.24 bits per heavy atom. The third-order valence-electron chi connectivity index (χ3n) is 4.11. The van der Waals surface area contributed by atoms with Crippen molar-refractivity contribution in [1.82, 2.24) is 14.7 Å². The monoisotopic (exact) mass is 294 g/mol. The molecular weight excluding hydrogens is 272 g/mol. The number of hydrogen-bond acceptors (Lipinski definition) is 4. The predicted octanol–water partition coefficient (Wildman–Crippen LogP) is 2.37. The van der Waals surface area contributed by atoms with Crippen molar-refractivity contribution in [2.24, 2.45) is 0 Å². The molecule has 0 saturated carbocycles. The number of carbonyl (C=O) groups excluding carboxylic acids is 1. The molecule has 1 aliphatic heterocycles. The fourth-order valence-corrected chi connectivity index (χ4v) is 2.96. The predicted molar refractivity (Wildman–Crippen MR) is 78.1 cm³/mol. The van der Waals surface area contributed by atoms with E-state index in [1.54, 1.807) is 20.8 Å². The maximum absolute atomic E-state index is 12.6. The summed E-state index contributed by atoms with van der Waals surface area (Å²) < 4.78 is 1.49. The molecule has 1 atom stereocenters. The van der Waals surface area contributed by atoms with Crippen molar-refractivity contribution in [3.63, 3.8) is 0 Å². The summed E-state index contributed by atoms with van der Waals surface area (Å²) in [5.74, 6) is -0.00241. The van der Waals surface area contributed by atoms with Crippen LogP contribution in [0.15, 0.2) is 0 Å². The summed E-state index contributed by atoms with van der Waals surface area (Å²) in [6.45, 7) is 6.54. The molecule has 2 heterocycles. The third kappa shape index (κ3) is 3.06. The standard InChI is InChI=1S/C14H22N4O3/c1-10-13(18(20)21)11(2)17(15-10)12(3)14(19)16-8-6-4-5-7-9-16/h12H,4-9H2,1-3H3/t12-/m1/s1. The first-order valence-electron chi connectivity index (χ1n) is 7.42. The zero-order valence-corrected chi connectivity index (χ0v) is 12.8. The fourth-order valence-electron chi connectivity index (χ4n) is 2.96. The van der Waals surface area contributed by atoms with E-state index in [1.807, 2.05) is 4.90 Å². The molecule has 0 radical (unpaired) electrons. The summed E-state index contributed by atoms with van der Waals surface area (Å²) in [7, 11) is 0. The molecule has 21 heavy (non-hydrogen) atoms. The molecule has 0 bridgehead atoms. The van der Waals surface area contributed by atoms with Crippen LogP contribution in [0.25, 0.3) is 0 Å². The zero-order chi connectivity index (χ0) is 15.6. The van der Waals surface area contributed by atoms with Crippen molar-refractivity contribution < 1.29 is 9.72 Å². The second-order valence-electron chi connectivity index (χ2n) is 5.64. The molecule has 1 amide bonds. The lowest BCUT2D eigenvalue weighted by atomic mass is 10.2. The van der Waals surface area contributed by atoms with E-state index in [0.717, 1.165) is 38.8 Å². The van der Waals surface area contributed by atoms with Crippen LogP contribution in [0, 0.1) is 24.0 Å². The molecule has 1 aliphatic rings. The molecule has 0 aromatic carbocycles. The molecule has 0 aliphatic carbocycles. The first-order valence-corrected chi connectivity index (χ1v) is 7.42. The topological polar surface area (TPSA) is 81.3 Å². The second-order valence-corrected chi connectivity index (χ2v) is 5.64. The highest BCUT2D eigenvalue weighted by Gasteiger charge is 2.29. The van der Waals surface area contributed by atoms with Crippen LogP contribution in [0.1, 0.15) is 50.0 Å². The summed E-state index contributed by atoms with van der Waals surface area (Å²) in [5, 5.41) is 15.3. The Balaban J connectivity index is 2.23. The average Bonchev–Trinajstić information content (AvgIpc) is 2.63. The van der Waals surface area contributed by atoms with Gasteiger partial charge in [-0.05, 0) is 33.6 Å². The third-order valence-corrected chi connectivity index (χ3v) is 4.11. The highest BCUT2D eigenvalue weighted by Crippen LogP contribution is 2.25. The first kappa shape index (κ1) is 15.5. The summed E-state index contributed by atoms with van der Waals surface area (Å²) in [6, 6.07) is -0.504. The van der Waals surface area contributed by atoms with Crippen LogP contribution in [-0.2, 0) is 4.79 Å². The highest BCUT2D eigenvalue weighted by atomic mass is 16.6. The number of nitro groups is 1. The Bertz CT molecular complexity index is 545. The summed E-state index contributed by atoms with van der Waals surface area (Å²) in [5.41, 5.74) is 0.798. The van der Waals surface area contributed by atoms with Gasteiger partial charge in [-0.25, -0.2) is 0 Å². The molecule has 0 spiro atoms. The fraction of sp³-hybridized carbons (Fsp3) is 0.714. The lowest BCUT2D eigenvalue weighted by molar-refractivity contribution is -0.386. The molecule has 0 N–H and O–H groups in total. The minimum atomic E-state index is -0.504. The molecule has 1 saturated heterocycles. The maximum Gasteiger partial charge on any atom is 0.312 e. The normalized spacial score (nSPS) is 17.4. The number of aromatic nitrogens is 2. The zero-order valence-electron chi connectivity index (χ0n) is 12.8. The van der Waals surface area contributed by atoms with Gasteiger partial charge in [0.15, 0.2) is 0 Å². The number of hydrogen-bond donors (Lipinski definition) is 0. The number of amides is 1. The Kier molecular flexibility index (Phi) is 4.59. The molecule has 1 fully saturated rings. The van der Waals surface area contributed by atoms with Gasteiger partial charge in [0.2, 0.25) is 5.91 Å². The van der Waals surface area contributed by atoms with Crippen molar-refractivity contribution in [3.8, 4) is 0 Å². The molecule has 0 unspecified atom stereocenters. The molecule has 116 valence electrons. The minimum absolute atomic E-state index is 0.00241. The van der Waals surface area contributed by atoms with Gasteiger partial charge in [-0.2, -0.15) is 5.10 Å². The molecule has 1 aromatic heterocycles. The first-order chi connectivity index (χ1) is 9.93. The van der Waals surface area contributed by atoms with E-state index in [0.29, 0.717) is 11.4 Å². The van der Waals surface area contributed by atoms with Crippen molar-refractivity contribution >= 4 is 11.6 Å². The average molecular weight is 294 g/mol. The van der Waals surface area contributed by atoms with E-state index in [2.05, 4.69) is 5.10 Å². The van der Waals surface area contributed by atoms with Gasteiger partial charge in [-0.1, -0.05) is 12.8 Å². The smallest absolute Gasteiger partial charge is 0.312 e. The van der Waals surface area contributed by atoms with E-state index >= 15 is 0 Å². The van der Waals surface area contributed by atoms with E-state index < -0.39 is 11.0 Å². The number of nitrogens with zero attached hydrogens (tertiary/aromatic N) is 4. The van der Waals surface area contributed by atoms with Crippen LogP contribution in [0.2, 0.25) is 0 Å². The number of aryl methyl sites for hydroxylation is 1. The Labute approximate surface area is 124 Å². The highest BCUT2D eigenvalue weighted by molar-refractivity contribution is 5.80. The van der Waals surface area contributed by atoms with Gasteiger partial charge in [0.25, 0.3) is 0 Å². The van der Waals surface area contributed by atoms with E-state index in [4.69, 9.17) is 0 Å². The van der Waals surface area contributed by atoms with Gasteiger partial charge >= 0.3 is 5.69 Å². The largest absolute Gasteiger partial charge is 0.341 e. The van der Waals surface area contributed by atoms with Crippen molar-refractivity contribution in [3.05, 3.63) is 21.5 Å². The number of carbonyl (C=O) groups is 1. The number of likely N-dealkylation sites (tertiary alicyclic amines) is 1. The minimum Gasteiger partial charge on any atom is -0.341 e. The molecule has 7 heteroatoms. The van der Waals surface area contributed by atoms with Gasteiger partial charge < -0.3 is 4.90 Å². The molecule has 1 aromatic rings. The Morgan fingerprint density at radius 2 is 1.81 bits per heavy atom. The Hall–Kier alpha value is -1.92. The molecular formula is C14H22N4O3. The van der Waals surface area contributed by atoms with E-state index in [-0.39, 0.29) is 11.6 Å². The van der Waals surface area contributed by atoms with E-state index in [1.165, 1.54) is 4.68 Å². The lowest BCUT2D eigenvalue weighted by Crippen LogP contribution is -2.37. The molecule has 7 nitrogen and oxygen atoms in total. The maximum atomic E-state index is 12.6. The van der Waals surface area contributed by atoms with Gasteiger partial charge in [0, 0.05) is 13.1 Å².